The maximum absolute atomic E-state index is 14.2. The van der Waals surface area contributed by atoms with Crippen LogP contribution in [-0.4, -0.2) is 110 Å². The lowest BCUT2D eigenvalue weighted by atomic mass is 9.45. The standard InChI is InChI=1S/C35H62N4O7/c1-19-27-15-24(35(27,3)4)16-28(19)36-34(43)31-30(20(2)41)29(18-40)46-39(31)17-21-10-9-11-26(32(21)44-7)22-12-23(33(42)37-45-8)14-25(13-22)38(5)6/h19-32,40-41H,9-18H2,1-8H3,(H,36,43)(H,37,42)/t19-,20-,21?,22?,23?,24+,25?,26?,27-,28-,29-,30+,31-,32?/m0/s1. The van der Waals surface area contributed by atoms with Crippen LogP contribution in [-0.2, 0) is 24.0 Å². The van der Waals surface area contributed by atoms with Crippen molar-refractivity contribution >= 4 is 11.8 Å². The Morgan fingerprint density at radius 1 is 1.09 bits per heavy atom. The van der Waals surface area contributed by atoms with Gasteiger partial charge < -0.3 is 25.2 Å². The highest BCUT2D eigenvalue weighted by Crippen LogP contribution is 2.61. The molecule has 6 fully saturated rings. The van der Waals surface area contributed by atoms with Crippen molar-refractivity contribution in [1.82, 2.24) is 20.8 Å². The van der Waals surface area contributed by atoms with E-state index >= 15 is 0 Å². The molecule has 264 valence electrons. The first-order chi connectivity index (χ1) is 21.8. The number of hydrogen-bond donors (Lipinski definition) is 4. The van der Waals surface area contributed by atoms with Gasteiger partial charge in [-0.25, -0.2) is 5.48 Å². The van der Waals surface area contributed by atoms with Crippen molar-refractivity contribution in [2.75, 3.05) is 41.5 Å². The van der Waals surface area contributed by atoms with Gasteiger partial charge in [-0.1, -0.05) is 27.2 Å². The van der Waals surface area contributed by atoms with Gasteiger partial charge in [0.15, 0.2) is 0 Å². The largest absolute Gasteiger partial charge is 0.394 e. The van der Waals surface area contributed by atoms with Gasteiger partial charge >= 0.3 is 0 Å². The third-order valence-corrected chi connectivity index (χ3v) is 13.4. The number of hydrogen-bond acceptors (Lipinski definition) is 9. The number of aliphatic hydroxyl groups excluding tert-OH is 2. The summed E-state index contributed by atoms with van der Waals surface area (Å²) < 4.78 is 6.29. The molecule has 0 aromatic rings. The number of aliphatic hydroxyl groups is 2. The summed E-state index contributed by atoms with van der Waals surface area (Å²) in [6.45, 7) is 8.87. The molecule has 5 aliphatic carbocycles. The van der Waals surface area contributed by atoms with Gasteiger partial charge in [-0.05, 0) is 101 Å². The zero-order valence-corrected chi connectivity index (χ0v) is 29.5. The van der Waals surface area contributed by atoms with E-state index in [1.54, 1.807) is 19.1 Å². The van der Waals surface area contributed by atoms with Crippen LogP contribution in [0.3, 0.4) is 0 Å². The van der Waals surface area contributed by atoms with Crippen molar-refractivity contribution in [2.45, 2.75) is 115 Å². The smallest absolute Gasteiger partial charge is 0.246 e. The molecular formula is C35H62N4O7. The van der Waals surface area contributed by atoms with Crippen molar-refractivity contribution in [3.05, 3.63) is 0 Å². The molecule has 0 aromatic heterocycles. The maximum Gasteiger partial charge on any atom is 0.246 e. The Morgan fingerprint density at radius 3 is 2.41 bits per heavy atom. The third kappa shape index (κ3) is 6.89. The second kappa shape index (κ2) is 14.6. The van der Waals surface area contributed by atoms with Crippen LogP contribution in [0.5, 0.6) is 0 Å². The van der Waals surface area contributed by atoms with Crippen LogP contribution in [0.4, 0.5) is 0 Å². The summed E-state index contributed by atoms with van der Waals surface area (Å²) in [7, 11) is 7.42. The van der Waals surface area contributed by atoms with Crippen LogP contribution in [0.15, 0.2) is 0 Å². The average molecular weight is 651 g/mol. The van der Waals surface area contributed by atoms with Gasteiger partial charge in [0.2, 0.25) is 11.8 Å². The number of carbonyl (C=O) groups excluding carboxylic acids is 2. The Morgan fingerprint density at radius 2 is 1.83 bits per heavy atom. The number of ether oxygens (including phenoxy) is 1. The minimum absolute atomic E-state index is 0.0629. The van der Waals surface area contributed by atoms with Crippen molar-refractivity contribution in [3.63, 3.8) is 0 Å². The van der Waals surface area contributed by atoms with Gasteiger partial charge in [-0.2, -0.15) is 5.06 Å². The monoisotopic (exact) mass is 650 g/mol. The summed E-state index contributed by atoms with van der Waals surface area (Å²) in [5, 5.41) is 26.3. The Bertz CT molecular complexity index is 1060. The maximum atomic E-state index is 14.2. The number of methoxy groups -OCH3 is 1. The predicted octanol–water partition coefficient (Wildman–Crippen LogP) is 2.60. The molecule has 0 aromatic carbocycles. The van der Waals surface area contributed by atoms with Gasteiger partial charge in [0.05, 0.1) is 25.9 Å². The topological polar surface area (TPSA) is 133 Å². The summed E-state index contributed by atoms with van der Waals surface area (Å²) in [6, 6.07) is -0.322. The first-order valence-electron chi connectivity index (χ1n) is 17.9. The number of carbonyl (C=O) groups is 2. The van der Waals surface area contributed by atoms with E-state index in [0.29, 0.717) is 35.6 Å². The Balaban J connectivity index is 1.33. The Kier molecular flexibility index (Phi) is 11.4. The lowest BCUT2D eigenvalue weighted by Gasteiger charge is -2.62. The lowest BCUT2D eigenvalue weighted by molar-refractivity contribution is -0.193. The quantitative estimate of drug-likeness (QED) is 0.249. The molecule has 6 rings (SSSR count). The fraction of sp³-hybridized carbons (Fsp3) is 0.943. The molecule has 11 heteroatoms. The first kappa shape index (κ1) is 36.0. The van der Waals surface area contributed by atoms with Gasteiger partial charge in [0.1, 0.15) is 12.1 Å². The van der Waals surface area contributed by atoms with E-state index in [-0.39, 0.29) is 54.4 Å². The molecule has 0 radical (unpaired) electrons. The number of nitrogens with zero attached hydrogens (tertiary/aromatic N) is 2. The molecule has 2 amide bonds. The van der Waals surface area contributed by atoms with Crippen molar-refractivity contribution in [1.29, 1.82) is 0 Å². The molecule has 5 saturated carbocycles. The lowest BCUT2D eigenvalue weighted by Crippen LogP contribution is -2.62. The van der Waals surface area contributed by atoms with Crippen LogP contribution < -0.4 is 10.8 Å². The number of nitrogens with one attached hydrogen (secondary N) is 2. The van der Waals surface area contributed by atoms with Crippen molar-refractivity contribution < 1.29 is 34.2 Å². The van der Waals surface area contributed by atoms with Crippen LogP contribution >= 0.6 is 0 Å². The second-order valence-corrected chi connectivity index (χ2v) is 16.3. The van der Waals surface area contributed by atoms with Gasteiger partial charge in [0.25, 0.3) is 0 Å². The van der Waals surface area contributed by atoms with E-state index in [0.717, 1.165) is 44.9 Å². The molecule has 6 unspecified atom stereocenters. The molecule has 1 saturated heterocycles. The molecule has 1 heterocycles. The van der Waals surface area contributed by atoms with Crippen LogP contribution in [0, 0.1) is 52.8 Å². The molecule has 4 N–H and O–H groups in total. The highest BCUT2D eigenvalue weighted by Gasteiger charge is 2.58. The van der Waals surface area contributed by atoms with Crippen LogP contribution in [0.25, 0.3) is 0 Å². The summed E-state index contributed by atoms with van der Waals surface area (Å²) in [5.41, 5.74) is 2.89. The summed E-state index contributed by atoms with van der Waals surface area (Å²) in [4.78, 5) is 40.6. The number of amides is 2. The SMILES string of the molecule is CONC(=O)C1CC(C2CCCC(CN3O[C@@H](CO)[C@@H]([C@H](C)O)[C@H]3C(=O)N[C@H]3C[C@H]4C[C@@H]([C@@H]3C)C4(C)C)C2OC)CC(N(C)C)C1. The van der Waals surface area contributed by atoms with E-state index in [1.807, 2.05) is 0 Å². The zero-order valence-electron chi connectivity index (χ0n) is 29.5. The number of rotatable bonds is 11. The van der Waals surface area contributed by atoms with Crippen molar-refractivity contribution in [2.24, 2.45) is 52.8 Å². The summed E-state index contributed by atoms with van der Waals surface area (Å²) in [6.07, 6.45) is 6.23. The molecule has 2 bridgehead atoms. The summed E-state index contributed by atoms with van der Waals surface area (Å²) >= 11 is 0. The normalized spacial score (nSPS) is 43.2. The molecule has 14 atom stereocenters. The molecule has 46 heavy (non-hydrogen) atoms. The molecule has 6 aliphatic rings. The molecule has 0 spiro atoms. The Labute approximate surface area is 276 Å². The minimum Gasteiger partial charge on any atom is -0.394 e. The first-order valence-corrected chi connectivity index (χ1v) is 17.9. The molecular weight excluding hydrogens is 588 g/mol. The fourth-order valence-corrected chi connectivity index (χ4v) is 10.6. The van der Waals surface area contributed by atoms with Crippen molar-refractivity contribution in [3.8, 4) is 0 Å². The zero-order chi connectivity index (χ0) is 33.5. The highest BCUT2D eigenvalue weighted by atomic mass is 16.7. The molecule has 1 aliphatic heterocycles. The van der Waals surface area contributed by atoms with E-state index in [2.05, 4.69) is 50.6 Å². The fourth-order valence-electron chi connectivity index (χ4n) is 10.6. The van der Waals surface area contributed by atoms with E-state index < -0.39 is 24.2 Å². The van der Waals surface area contributed by atoms with Gasteiger partial charge in [-0.15, -0.1) is 0 Å². The Hall–Kier alpha value is -1.34. The number of hydroxylamine groups is 3. The van der Waals surface area contributed by atoms with E-state index in [9.17, 15) is 19.8 Å². The summed E-state index contributed by atoms with van der Waals surface area (Å²) in [5.74, 6) is 1.40. The van der Waals surface area contributed by atoms with Crippen LogP contribution in [0.2, 0.25) is 0 Å². The third-order valence-electron chi connectivity index (χ3n) is 13.4. The minimum atomic E-state index is -0.827. The van der Waals surface area contributed by atoms with E-state index in [4.69, 9.17) is 14.4 Å². The molecule has 11 nitrogen and oxygen atoms in total. The van der Waals surface area contributed by atoms with Gasteiger partial charge in [0, 0.05) is 43.5 Å². The van der Waals surface area contributed by atoms with Gasteiger partial charge in [-0.3, -0.25) is 19.3 Å². The predicted molar refractivity (Wildman–Crippen MR) is 174 cm³/mol. The van der Waals surface area contributed by atoms with Crippen LogP contribution in [0.1, 0.15) is 79.1 Å². The van der Waals surface area contributed by atoms with E-state index in [1.165, 1.54) is 13.5 Å². The average Bonchev–Trinajstić information content (AvgIpc) is 3.40. The number of fused-ring (bicyclic) bond motifs is 2. The second-order valence-electron chi connectivity index (χ2n) is 16.3. The highest BCUT2D eigenvalue weighted by molar-refractivity contribution is 5.83.